The van der Waals surface area contributed by atoms with Crippen LogP contribution >= 0.6 is 0 Å². The van der Waals surface area contributed by atoms with Crippen LogP contribution in [0.1, 0.15) is 63.4 Å². The quantitative estimate of drug-likeness (QED) is 0.201. The molecule has 0 N–H and O–H groups in total. The highest BCUT2D eigenvalue weighted by Crippen LogP contribution is 2.47. The molecule has 0 aromatic heterocycles. The summed E-state index contributed by atoms with van der Waals surface area (Å²) in [6.45, 7) is 2.33. The smallest absolute Gasteiger partial charge is 0.179 e. The van der Waals surface area contributed by atoms with Crippen LogP contribution in [-0.4, -0.2) is 14.1 Å². The molecule has 3 unspecified atom stereocenters. The number of anilines is 1. The highest BCUT2D eigenvalue weighted by molar-refractivity contribution is 7.16. The molecule has 1 heterocycles. The topological polar surface area (TPSA) is 3.24 Å². The minimum atomic E-state index is -2.59. The first-order valence-electron chi connectivity index (χ1n) is 17.4. The molecule has 0 saturated heterocycles. The fraction of sp³-hybridized carbons (Fsp3) is 0.302. The van der Waals surface area contributed by atoms with Crippen LogP contribution in [0.4, 0.5) is 5.69 Å². The molecular weight excluding hydrogens is 559 g/mol. The number of hydrogen-bond donors (Lipinski definition) is 0. The maximum absolute atomic E-state index is 2.66. The fourth-order valence-electron chi connectivity index (χ4n) is 9.11. The summed E-state index contributed by atoms with van der Waals surface area (Å²) in [6.07, 6.45) is 33.4. The zero-order valence-corrected chi connectivity index (χ0v) is 27.6. The lowest BCUT2D eigenvalue weighted by atomic mass is 9.77. The third kappa shape index (κ3) is 4.99. The van der Waals surface area contributed by atoms with Crippen molar-refractivity contribution < 1.29 is 0 Å². The summed E-state index contributed by atoms with van der Waals surface area (Å²) >= 11 is 0. The van der Waals surface area contributed by atoms with Crippen LogP contribution < -0.4 is 20.5 Å². The normalized spacial score (nSPS) is 25.9. The molecule has 5 aliphatic rings. The van der Waals surface area contributed by atoms with Crippen LogP contribution in [-0.2, 0) is 0 Å². The highest BCUT2D eigenvalue weighted by Gasteiger charge is 2.45. The molecular formula is C43H45NSi. The largest absolute Gasteiger partial charge is 0.337 e. The molecule has 8 rings (SSSR count). The Morgan fingerprint density at radius 3 is 2.13 bits per heavy atom. The molecule has 0 spiro atoms. The van der Waals surface area contributed by atoms with E-state index < -0.39 is 8.07 Å². The van der Waals surface area contributed by atoms with Crippen LogP contribution in [0.2, 0.25) is 0 Å². The van der Waals surface area contributed by atoms with E-state index in [1.54, 1.807) is 5.20 Å². The maximum Gasteiger partial charge on any atom is 0.179 e. The Bertz CT molecular complexity index is 1680. The summed E-state index contributed by atoms with van der Waals surface area (Å²) in [7, 11) is -2.59. The Balaban J connectivity index is 1.30. The van der Waals surface area contributed by atoms with E-state index in [-0.39, 0.29) is 0 Å². The minimum absolute atomic E-state index is 0.333. The Hall–Kier alpha value is -3.88. The lowest BCUT2D eigenvalue weighted by Gasteiger charge is -2.38. The van der Waals surface area contributed by atoms with E-state index in [1.165, 1.54) is 71.0 Å². The Morgan fingerprint density at radius 1 is 0.711 bits per heavy atom. The van der Waals surface area contributed by atoms with Crippen LogP contribution in [0, 0.1) is 17.8 Å². The molecule has 1 saturated carbocycles. The molecule has 3 aromatic rings. The second-order valence-corrected chi connectivity index (χ2v) is 17.8. The molecule has 0 bridgehead atoms. The first-order chi connectivity index (χ1) is 22.2. The van der Waals surface area contributed by atoms with Crippen molar-refractivity contribution in [2.75, 3.05) is 4.90 Å². The molecule has 1 nitrogen and oxygen atoms in total. The standard InChI is InChI=1S/C43H45NSi/c1-32-14-13-17-35(30-32)44-42-23-12-11-22-40(42)41-31-39(28-29-43(41)44)45(36-18-7-3-8-19-36,37-20-9-4-10-21-37)38-26-24-34(25-27-38)33-15-5-2-6-16-33/h3-4,7-14,17-24,26-29,31-34,40,42H,2,5-6,15-16,25,30H2,1H3/t32?,34?,40-,42?/m0/s1. The zero-order valence-electron chi connectivity index (χ0n) is 26.6. The van der Waals surface area contributed by atoms with Gasteiger partial charge in [0, 0.05) is 17.3 Å². The highest BCUT2D eigenvalue weighted by atomic mass is 28.3. The predicted octanol–water partition coefficient (Wildman–Crippen LogP) is 8.66. The van der Waals surface area contributed by atoms with Crippen molar-refractivity contribution in [2.45, 2.75) is 63.8 Å². The van der Waals surface area contributed by atoms with Crippen LogP contribution in [0.3, 0.4) is 0 Å². The molecule has 226 valence electrons. The van der Waals surface area contributed by atoms with E-state index in [2.05, 4.69) is 151 Å². The summed E-state index contributed by atoms with van der Waals surface area (Å²) in [6, 6.07) is 30.9. The number of nitrogens with zero attached hydrogens (tertiary/aromatic N) is 1. The summed E-state index contributed by atoms with van der Waals surface area (Å²) < 4.78 is 0. The van der Waals surface area contributed by atoms with Crippen LogP contribution in [0.25, 0.3) is 0 Å². The SMILES string of the molecule is CC1C=CC=C(N2c3ccc([Si](C4=CCC(C5CCCCC5)C=C4)(c4ccccc4)c4ccccc4)cc3[C@@H]3C=CC=CC32)C1. The molecule has 3 aromatic carbocycles. The van der Waals surface area contributed by atoms with Crippen molar-refractivity contribution in [2.24, 2.45) is 17.8 Å². The molecule has 0 amide bonds. The summed E-state index contributed by atoms with van der Waals surface area (Å²) in [5.41, 5.74) is 4.30. The Kier molecular flexibility index (Phi) is 7.71. The molecule has 2 heteroatoms. The van der Waals surface area contributed by atoms with Gasteiger partial charge in [0.15, 0.2) is 8.07 Å². The van der Waals surface area contributed by atoms with E-state index in [1.807, 2.05) is 0 Å². The van der Waals surface area contributed by atoms with Gasteiger partial charge in [0.25, 0.3) is 0 Å². The monoisotopic (exact) mass is 603 g/mol. The first kappa shape index (κ1) is 28.6. The number of fused-ring (bicyclic) bond motifs is 3. The van der Waals surface area contributed by atoms with Crippen molar-refractivity contribution in [3.05, 3.63) is 156 Å². The average molecular weight is 604 g/mol. The predicted molar refractivity (Wildman–Crippen MR) is 194 cm³/mol. The minimum Gasteiger partial charge on any atom is -0.337 e. The van der Waals surface area contributed by atoms with E-state index >= 15 is 0 Å². The Morgan fingerprint density at radius 2 is 1.44 bits per heavy atom. The van der Waals surface area contributed by atoms with Crippen molar-refractivity contribution in [3.63, 3.8) is 0 Å². The second kappa shape index (κ2) is 12.1. The van der Waals surface area contributed by atoms with Crippen LogP contribution in [0.15, 0.2) is 151 Å². The van der Waals surface area contributed by atoms with E-state index in [0.717, 1.165) is 12.3 Å². The molecule has 4 aliphatic carbocycles. The molecule has 0 radical (unpaired) electrons. The molecule has 45 heavy (non-hydrogen) atoms. The summed E-state index contributed by atoms with van der Waals surface area (Å²) in [5, 5.41) is 6.00. The van der Waals surface area contributed by atoms with Gasteiger partial charge in [-0.15, -0.1) is 0 Å². The summed E-state index contributed by atoms with van der Waals surface area (Å²) in [4.78, 5) is 2.65. The lowest BCUT2D eigenvalue weighted by molar-refractivity contribution is 0.286. The van der Waals surface area contributed by atoms with Crippen molar-refractivity contribution in [3.8, 4) is 0 Å². The number of rotatable bonds is 6. The molecule has 4 atom stereocenters. The first-order valence-corrected chi connectivity index (χ1v) is 19.4. The van der Waals surface area contributed by atoms with Gasteiger partial charge in [-0.25, -0.2) is 0 Å². The van der Waals surface area contributed by atoms with Crippen LogP contribution in [0.5, 0.6) is 0 Å². The van der Waals surface area contributed by atoms with Gasteiger partial charge < -0.3 is 4.90 Å². The summed E-state index contributed by atoms with van der Waals surface area (Å²) in [5.74, 6) is 2.45. The molecule has 1 aliphatic heterocycles. The van der Waals surface area contributed by atoms with Crippen molar-refractivity contribution in [1.29, 1.82) is 0 Å². The van der Waals surface area contributed by atoms with E-state index in [9.17, 15) is 0 Å². The third-order valence-corrected chi connectivity index (χ3v) is 16.1. The molecule has 1 fully saturated rings. The third-order valence-electron chi connectivity index (χ3n) is 11.3. The second-order valence-electron chi connectivity index (χ2n) is 14.0. The zero-order chi connectivity index (χ0) is 30.2. The van der Waals surface area contributed by atoms with E-state index in [4.69, 9.17) is 0 Å². The van der Waals surface area contributed by atoms with Gasteiger partial charge >= 0.3 is 0 Å². The van der Waals surface area contributed by atoms with E-state index in [0.29, 0.717) is 23.8 Å². The number of allylic oxidation sites excluding steroid dienone is 10. The Labute approximate surface area is 271 Å². The average Bonchev–Trinajstić information content (AvgIpc) is 3.44. The number of benzene rings is 3. The van der Waals surface area contributed by atoms with Gasteiger partial charge in [-0.1, -0.05) is 154 Å². The van der Waals surface area contributed by atoms with Gasteiger partial charge in [0.1, 0.15) is 0 Å². The van der Waals surface area contributed by atoms with Gasteiger partial charge in [-0.3, -0.25) is 0 Å². The van der Waals surface area contributed by atoms with Crippen molar-refractivity contribution in [1.82, 2.24) is 0 Å². The van der Waals surface area contributed by atoms with Gasteiger partial charge in [-0.05, 0) is 81.9 Å². The number of hydrogen-bond acceptors (Lipinski definition) is 1. The maximum atomic E-state index is 2.66. The van der Waals surface area contributed by atoms with Gasteiger partial charge in [0.2, 0.25) is 0 Å². The van der Waals surface area contributed by atoms with Gasteiger partial charge in [0.05, 0.1) is 6.04 Å². The fourth-order valence-corrected chi connectivity index (χ4v) is 14.0. The lowest BCUT2D eigenvalue weighted by Crippen LogP contribution is -2.68. The van der Waals surface area contributed by atoms with Gasteiger partial charge in [-0.2, -0.15) is 0 Å². The van der Waals surface area contributed by atoms with Crippen molar-refractivity contribution >= 4 is 29.3 Å².